The van der Waals surface area contributed by atoms with Crippen LogP contribution in [0.5, 0.6) is 0 Å². The number of nitriles is 1. The smallest absolute Gasteiger partial charge is 0.0993 e. The third-order valence-electron chi connectivity index (χ3n) is 1.25. The van der Waals surface area contributed by atoms with Gasteiger partial charge in [0, 0.05) is 5.69 Å². The number of hydrazine groups is 1. The summed E-state index contributed by atoms with van der Waals surface area (Å²) >= 11 is 0. The number of benzene rings is 1. The third-order valence-corrected chi connectivity index (χ3v) is 1.25. The van der Waals surface area contributed by atoms with Crippen LogP contribution in [0.2, 0.25) is 0 Å². The fraction of sp³-hybridized carbons (Fsp3) is 0. The number of rotatable bonds is 1. The molecule has 0 aliphatic carbocycles. The summed E-state index contributed by atoms with van der Waals surface area (Å²) in [4.78, 5) is 0. The summed E-state index contributed by atoms with van der Waals surface area (Å²) in [5.74, 6) is 5.13. The predicted octanol–water partition coefficient (Wildman–Crippen LogP) is 0.426. The average Bonchev–Trinajstić information content (AvgIpc) is 2.03. The van der Waals surface area contributed by atoms with E-state index in [9.17, 15) is 0 Å². The zero-order chi connectivity index (χ0) is 8.27. The van der Waals surface area contributed by atoms with Gasteiger partial charge in [0.25, 0.3) is 0 Å². The Bertz CT molecular complexity index is 300. The number of anilines is 2. The Morgan fingerprint density at radius 1 is 1.36 bits per heavy atom. The lowest BCUT2D eigenvalue weighted by atomic mass is 10.2. The first kappa shape index (κ1) is 7.38. The Morgan fingerprint density at radius 2 is 2.09 bits per heavy atom. The molecule has 5 N–H and O–H groups in total. The minimum atomic E-state index is 0.498. The summed E-state index contributed by atoms with van der Waals surface area (Å²) in [5, 5.41) is 8.51. The van der Waals surface area contributed by atoms with Gasteiger partial charge in [0.2, 0.25) is 0 Å². The van der Waals surface area contributed by atoms with E-state index in [-0.39, 0.29) is 0 Å². The molecule has 56 valence electrons. The lowest BCUT2D eigenvalue weighted by Crippen LogP contribution is -2.07. The molecule has 1 aromatic carbocycles. The van der Waals surface area contributed by atoms with Gasteiger partial charge in [-0.25, -0.2) is 0 Å². The van der Waals surface area contributed by atoms with E-state index in [4.69, 9.17) is 16.8 Å². The quantitative estimate of drug-likeness (QED) is 0.306. The van der Waals surface area contributed by atoms with Crippen LogP contribution in [-0.4, -0.2) is 0 Å². The number of nitrogens with two attached hydrogens (primary N) is 2. The van der Waals surface area contributed by atoms with E-state index in [1.807, 2.05) is 6.07 Å². The van der Waals surface area contributed by atoms with Crippen molar-refractivity contribution in [2.24, 2.45) is 5.84 Å². The Balaban J connectivity index is 3.15. The molecule has 0 aromatic heterocycles. The van der Waals surface area contributed by atoms with Gasteiger partial charge in [0.05, 0.1) is 17.3 Å². The molecule has 0 saturated carbocycles. The molecule has 1 rings (SSSR count). The molecule has 0 bridgehead atoms. The number of nitrogens with one attached hydrogen (secondary N) is 1. The number of nitrogen functional groups attached to an aromatic ring is 2. The minimum absolute atomic E-state index is 0.498. The van der Waals surface area contributed by atoms with E-state index in [0.717, 1.165) is 0 Å². The summed E-state index contributed by atoms with van der Waals surface area (Å²) in [6.07, 6.45) is 0. The van der Waals surface area contributed by atoms with Crippen molar-refractivity contribution >= 4 is 11.4 Å². The van der Waals surface area contributed by atoms with Gasteiger partial charge in [-0.3, -0.25) is 5.84 Å². The van der Waals surface area contributed by atoms with Gasteiger partial charge in [0.1, 0.15) is 0 Å². The van der Waals surface area contributed by atoms with Crippen LogP contribution in [0.1, 0.15) is 5.56 Å². The SMILES string of the molecule is N#Cc1cc(N)cc(NN)c1. The molecular formula is C7H8N4. The van der Waals surface area contributed by atoms with Crippen molar-refractivity contribution in [3.05, 3.63) is 23.8 Å². The second kappa shape index (κ2) is 2.90. The molecular weight excluding hydrogens is 140 g/mol. The van der Waals surface area contributed by atoms with Gasteiger partial charge in [-0.05, 0) is 18.2 Å². The number of hydrogen-bond donors (Lipinski definition) is 3. The van der Waals surface area contributed by atoms with Crippen molar-refractivity contribution in [1.82, 2.24) is 0 Å². The Morgan fingerprint density at radius 3 is 2.64 bits per heavy atom. The highest BCUT2D eigenvalue weighted by molar-refractivity contribution is 5.58. The first-order chi connectivity index (χ1) is 5.26. The summed E-state index contributed by atoms with van der Waals surface area (Å²) < 4.78 is 0. The van der Waals surface area contributed by atoms with Crippen molar-refractivity contribution in [3.8, 4) is 6.07 Å². The van der Waals surface area contributed by atoms with Crippen molar-refractivity contribution in [2.75, 3.05) is 11.2 Å². The highest BCUT2D eigenvalue weighted by Crippen LogP contribution is 2.14. The second-order valence-corrected chi connectivity index (χ2v) is 2.10. The van der Waals surface area contributed by atoms with Crippen LogP contribution < -0.4 is 17.0 Å². The largest absolute Gasteiger partial charge is 0.399 e. The topological polar surface area (TPSA) is 87.9 Å². The van der Waals surface area contributed by atoms with Gasteiger partial charge in [0.15, 0.2) is 0 Å². The van der Waals surface area contributed by atoms with E-state index >= 15 is 0 Å². The van der Waals surface area contributed by atoms with Crippen molar-refractivity contribution in [3.63, 3.8) is 0 Å². The van der Waals surface area contributed by atoms with E-state index in [0.29, 0.717) is 16.9 Å². The minimum Gasteiger partial charge on any atom is -0.399 e. The molecule has 0 radical (unpaired) electrons. The summed E-state index contributed by atoms with van der Waals surface area (Å²) in [5.41, 5.74) is 9.54. The number of hydrogen-bond acceptors (Lipinski definition) is 4. The third kappa shape index (κ3) is 1.60. The molecule has 0 atom stereocenters. The van der Waals surface area contributed by atoms with Crippen LogP contribution in [0.15, 0.2) is 18.2 Å². The summed E-state index contributed by atoms with van der Waals surface area (Å²) in [6, 6.07) is 6.83. The van der Waals surface area contributed by atoms with Gasteiger partial charge >= 0.3 is 0 Å². The molecule has 1 aromatic rings. The van der Waals surface area contributed by atoms with Crippen molar-refractivity contribution < 1.29 is 0 Å². The van der Waals surface area contributed by atoms with Crippen LogP contribution in [-0.2, 0) is 0 Å². The van der Waals surface area contributed by atoms with Crippen LogP contribution in [0.3, 0.4) is 0 Å². The Labute approximate surface area is 64.4 Å². The van der Waals surface area contributed by atoms with Crippen molar-refractivity contribution in [1.29, 1.82) is 5.26 Å². The Hall–Kier alpha value is -1.73. The maximum atomic E-state index is 8.51. The first-order valence-electron chi connectivity index (χ1n) is 3.03. The zero-order valence-electron chi connectivity index (χ0n) is 5.83. The molecule has 11 heavy (non-hydrogen) atoms. The van der Waals surface area contributed by atoms with E-state index in [2.05, 4.69) is 5.43 Å². The summed E-state index contributed by atoms with van der Waals surface area (Å²) in [6.45, 7) is 0. The molecule has 0 fully saturated rings. The number of nitrogens with zero attached hydrogens (tertiary/aromatic N) is 1. The monoisotopic (exact) mass is 148 g/mol. The molecule has 0 unspecified atom stereocenters. The van der Waals surface area contributed by atoms with E-state index in [1.165, 1.54) is 0 Å². The van der Waals surface area contributed by atoms with Gasteiger partial charge in [-0.2, -0.15) is 5.26 Å². The molecule has 0 saturated heterocycles. The predicted molar refractivity (Wildman–Crippen MR) is 43.4 cm³/mol. The van der Waals surface area contributed by atoms with E-state index < -0.39 is 0 Å². The van der Waals surface area contributed by atoms with E-state index in [1.54, 1.807) is 18.2 Å². The molecule has 0 aliphatic rings. The lowest BCUT2D eigenvalue weighted by molar-refractivity contribution is 1.35. The molecule has 0 amide bonds. The molecule has 4 heteroatoms. The lowest BCUT2D eigenvalue weighted by Gasteiger charge is -2.00. The van der Waals surface area contributed by atoms with Crippen LogP contribution >= 0.6 is 0 Å². The normalized spacial score (nSPS) is 8.73. The molecule has 0 aliphatic heterocycles. The first-order valence-corrected chi connectivity index (χ1v) is 3.03. The highest BCUT2D eigenvalue weighted by atomic mass is 15.2. The van der Waals surface area contributed by atoms with Crippen molar-refractivity contribution in [2.45, 2.75) is 0 Å². The molecule has 4 nitrogen and oxygen atoms in total. The maximum Gasteiger partial charge on any atom is 0.0993 e. The second-order valence-electron chi connectivity index (χ2n) is 2.10. The molecule has 0 spiro atoms. The molecule has 0 heterocycles. The van der Waals surface area contributed by atoms with Crippen LogP contribution in [0.4, 0.5) is 11.4 Å². The summed E-state index contributed by atoms with van der Waals surface area (Å²) in [7, 11) is 0. The van der Waals surface area contributed by atoms with Gasteiger partial charge < -0.3 is 11.2 Å². The van der Waals surface area contributed by atoms with Crippen LogP contribution in [0.25, 0.3) is 0 Å². The van der Waals surface area contributed by atoms with Gasteiger partial charge in [-0.15, -0.1) is 0 Å². The average molecular weight is 148 g/mol. The highest BCUT2D eigenvalue weighted by Gasteiger charge is 1.95. The van der Waals surface area contributed by atoms with Gasteiger partial charge in [-0.1, -0.05) is 0 Å². The fourth-order valence-corrected chi connectivity index (χ4v) is 0.800. The zero-order valence-corrected chi connectivity index (χ0v) is 5.83. The standard InChI is InChI=1S/C7H8N4/c8-4-5-1-6(9)3-7(2-5)11-10/h1-3,11H,9-10H2. The fourth-order valence-electron chi connectivity index (χ4n) is 0.800. The van der Waals surface area contributed by atoms with Crippen LogP contribution in [0, 0.1) is 11.3 Å². The Kier molecular flexibility index (Phi) is 1.95. The maximum absolute atomic E-state index is 8.51.